The summed E-state index contributed by atoms with van der Waals surface area (Å²) in [5.41, 5.74) is 3.40. The number of nitrogens with one attached hydrogen (secondary N) is 3. The van der Waals surface area contributed by atoms with E-state index in [2.05, 4.69) is 16.0 Å². The molecular formula is C28H35FN4O6. The zero-order valence-electron chi connectivity index (χ0n) is 22.2. The van der Waals surface area contributed by atoms with Gasteiger partial charge in [-0.15, -0.1) is 0 Å². The Balaban J connectivity index is 1.50. The summed E-state index contributed by atoms with van der Waals surface area (Å²) in [5.74, 6) is -1.92. The number of hydrogen-bond acceptors (Lipinski definition) is 6. The van der Waals surface area contributed by atoms with Gasteiger partial charge >= 0.3 is 0 Å². The zero-order chi connectivity index (χ0) is 27.9. The lowest BCUT2D eigenvalue weighted by Gasteiger charge is -2.30. The van der Waals surface area contributed by atoms with Crippen LogP contribution in [0.15, 0.2) is 41.2 Å². The second-order valence-corrected chi connectivity index (χ2v) is 9.97. The van der Waals surface area contributed by atoms with Crippen LogP contribution in [0.1, 0.15) is 43.4 Å². The molecule has 39 heavy (non-hydrogen) atoms. The normalized spacial score (nSPS) is 19.6. The van der Waals surface area contributed by atoms with E-state index in [1.807, 2.05) is 32.0 Å². The number of carbonyl (C=O) groups excluding carboxylic acids is 4. The minimum absolute atomic E-state index is 0.209. The third-order valence-electron chi connectivity index (χ3n) is 7.34. The van der Waals surface area contributed by atoms with E-state index in [0.29, 0.717) is 25.7 Å². The van der Waals surface area contributed by atoms with Gasteiger partial charge in [0.25, 0.3) is 0 Å². The molecule has 4 atom stereocenters. The van der Waals surface area contributed by atoms with Crippen molar-refractivity contribution in [2.45, 2.75) is 64.2 Å². The van der Waals surface area contributed by atoms with E-state index in [1.165, 1.54) is 11.2 Å². The summed E-state index contributed by atoms with van der Waals surface area (Å²) in [7, 11) is 0. The molecule has 0 unspecified atom stereocenters. The van der Waals surface area contributed by atoms with Crippen LogP contribution < -0.4 is 20.9 Å². The monoisotopic (exact) mass is 542 g/mol. The lowest BCUT2D eigenvalue weighted by molar-refractivity contribution is -0.134. The molecular weight excluding hydrogens is 507 g/mol. The Hall–Kier alpha value is -3.73. The number of para-hydroxylation sites is 1. The van der Waals surface area contributed by atoms with Gasteiger partial charge in [0.05, 0.1) is 24.8 Å². The second kappa shape index (κ2) is 12.9. The predicted molar refractivity (Wildman–Crippen MR) is 140 cm³/mol. The molecule has 2 aliphatic rings. The topological polar surface area (TPSA) is 130 Å². The van der Waals surface area contributed by atoms with Crippen molar-refractivity contribution in [1.29, 1.82) is 0 Å². The fraction of sp³-hybridized carbons (Fsp3) is 0.500. The molecule has 3 N–H and O–H groups in total. The predicted octanol–water partition coefficient (Wildman–Crippen LogP) is 1.80. The molecule has 0 aliphatic carbocycles. The first-order chi connectivity index (χ1) is 18.8. The number of aryl methyl sites for hydroxylation is 1. The van der Waals surface area contributed by atoms with Gasteiger partial charge < -0.3 is 25.1 Å². The maximum absolute atomic E-state index is 13.9. The Morgan fingerprint density at radius 3 is 2.74 bits per heavy atom. The average molecular weight is 543 g/mol. The number of hydrogen-bond donors (Lipinski definition) is 3. The highest BCUT2D eigenvalue weighted by atomic mass is 19.1. The molecule has 0 fully saturated rings. The van der Waals surface area contributed by atoms with Crippen LogP contribution in [0.25, 0.3) is 0 Å². The molecule has 0 saturated carbocycles. The van der Waals surface area contributed by atoms with Crippen LogP contribution in [-0.2, 0) is 43.3 Å². The summed E-state index contributed by atoms with van der Waals surface area (Å²) < 4.78 is 22.3. The first-order valence-electron chi connectivity index (χ1n) is 13.3. The van der Waals surface area contributed by atoms with Crippen molar-refractivity contribution in [2.24, 2.45) is 5.92 Å². The summed E-state index contributed by atoms with van der Waals surface area (Å²) in [6, 6.07) is 4.99. The SMILES string of the molecule is CC[C@@H](C)[C@H](NC(=O)COCCF)C(=O)N[C@H]1CCc2cccc3c2N(C1=O)[C@H](C(=O)NCc1ccoc1)C3. The highest BCUT2D eigenvalue weighted by molar-refractivity contribution is 6.08. The van der Waals surface area contributed by atoms with E-state index in [-0.39, 0.29) is 37.5 Å². The molecule has 2 aliphatic heterocycles. The van der Waals surface area contributed by atoms with Crippen molar-refractivity contribution in [2.75, 3.05) is 24.8 Å². The summed E-state index contributed by atoms with van der Waals surface area (Å²) in [6.45, 7) is 2.69. The van der Waals surface area contributed by atoms with Crippen molar-refractivity contribution in [3.63, 3.8) is 0 Å². The number of ether oxygens (including phenoxy) is 1. The molecule has 0 saturated heterocycles. The maximum atomic E-state index is 13.9. The smallest absolute Gasteiger partial charge is 0.250 e. The van der Waals surface area contributed by atoms with Crippen LogP contribution in [0.2, 0.25) is 0 Å². The number of nitrogens with zero attached hydrogens (tertiary/aromatic N) is 1. The molecule has 0 spiro atoms. The fourth-order valence-corrected chi connectivity index (χ4v) is 5.07. The van der Waals surface area contributed by atoms with Gasteiger partial charge in [0.2, 0.25) is 23.6 Å². The summed E-state index contributed by atoms with van der Waals surface area (Å²) in [5, 5.41) is 8.39. The van der Waals surface area contributed by atoms with E-state index in [0.717, 1.165) is 22.4 Å². The summed E-state index contributed by atoms with van der Waals surface area (Å²) in [6.07, 6.45) is 4.93. The van der Waals surface area contributed by atoms with Crippen LogP contribution in [0.5, 0.6) is 0 Å². The zero-order valence-corrected chi connectivity index (χ0v) is 22.2. The van der Waals surface area contributed by atoms with E-state index < -0.39 is 36.6 Å². The Bertz CT molecular complexity index is 1190. The minimum atomic E-state index is -0.905. The van der Waals surface area contributed by atoms with Gasteiger partial charge in [0, 0.05) is 18.5 Å². The van der Waals surface area contributed by atoms with Crippen LogP contribution in [0.4, 0.5) is 10.1 Å². The van der Waals surface area contributed by atoms with Gasteiger partial charge in [0.15, 0.2) is 0 Å². The number of anilines is 1. The van der Waals surface area contributed by atoms with Crippen LogP contribution >= 0.6 is 0 Å². The van der Waals surface area contributed by atoms with E-state index >= 15 is 0 Å². The Kier molecular flexibility index (Phi) is 9.34. The number of rotatable bonds is 12. The summed E-state index contributed by atoms with van der Waals surface area (Å²) >= 11 is 0. The van der Waals surface area contributed by atoms with E-state index in [1.54, 1.807) is 12.3 Å². The molecule has 1 aromatic carbocycles. The third-order valence-corrected chi connectivity index (χ3v) is 7.34. The molecule has 10 nitrogen and oxygen atoms in total. The highest BCUT2D eigenvalue weighted by Crippen LogP contribution is 2.39. The van der Waals surface area contributed by atoms with Gasteiger partial charge in [-0.3, -0.25) is 24.1 Å². The Morgan fingerprint density at radius 2 is 2.03 bits per heavy atom. The van der Waals surface area contributed by atoms with Crippen molar-refractivity contribution < 1.29 is 32.7 Å². The molecule has 3 heterocycles. The van der Waals surface area contributed by atoms with Gasteiger partial charge in [-0.25, -0.2) is 4.39 Å². The van der Waals surface area contributed by atoms with E-state index in [4.69, 9.17) is 9.15 Å². The molecule has 1 aromatic heterocycles. The van der Waals surface area contributed by atoms with Crippen molar-refractivity contribution in [3.8, 4) is 0 Å². The van der Waals surface area contributed by atoms with E-state index in [9.17, 15) is 23.6 Å². The molecule has 2 aromatic rings. The average Bonchev–Trinajstić information content (AvgIpc) is 3.57. The summed E-state index contributed by atoms with van der Waals surface area (Å²) in [4.78, 5) is 54.4. The van der Waals surface area contributed by atoms with Crippen LogP contribution in [-0.4, -0.2) is 61.6 Å². The maximum Gasteiger partial charge on any atom is 0.250 e. The quantitative estimate of drug-likeness (QED) is 0.351. The van der Waals surface area contributed by atoms with Crippen molar-refractivity contribution in [3.05, 3.63) is 53.5 Å². The van der Waals surface area contributed by atoms with Gasteiger partial charge in [-0.2, -0.15) is 0 Å². The number of amides is 4. The lowest BCUT2D eigenvalue weighted by Crippen LogP contribution is -2.58. The van der Waals surface area contributed by atoms with Gasteiger partial charge in [-0.1, -0.05) is 38.5 Å². The molecule has 4 rings (SSSR count). The standard InChI is InChI=1S/C28H35FN4O6/c1-3-17(2)24(32-23(34)16-39-12-10-29)27(36)31-21-8-7-19-5-4-6-20-13-22(33(25(19)20)28(21)37)26(35)30-14-18-9-11-38-15-18/h4-6,9,11,15,17,21-22,24H,3,7-8,10,12-14,16H2,1-2H3,(H,30,35)(H,31,36)(H,32,34)/t17-,21+,22+,24+/m1/s1. The number of furan rings is 1. The molecule has 11 heteroatoms. The minimum Gasteiger partial charge on any atom is -0.472 e. The third kappa shape index (κ3) is 6.47. The second-order valence-electron chi connectivity index (χ2n) is 9.97. The van der Waals surface area contributed by atoms with Crippen LogP contribution in [0, 0.1) is 5.92 Å². The number of halogens is 1. The highest BCUT2D eigenvalue weighted by Gasteiger charge is 2.44. The number of carbonyl (C=O) groups is 4. The van der Waals surface area contributed by atoms with Gasteiger partial charge in [0.1, 0.15) is 31.4 Å². The number of benzene rings is 1. The Labute approximate surface area is 226 Å². The molecule has 4 amide bonds. The lowest BCUT2D eigenvalue weighted by atomic mass is 9.97. The molecule has 0 radical (unpaired) electrons. The molecule has 0 bridgehead atoms. The first-order valence-corrected chi connectivity index (χ1v) is 13.3. The first kappa shape index (κ1) is 28.3. The molecule has 210 valence electrons. The largest absolute Gasteiger partial charge is 0.472 e. The van der Waals surface area contributed by atoms with Crippen molar-refractivity contribution >= 4 is 29.3 Å². The Morgan fingerprint density at radius 1 is 1.23 bits per heavy atom. The van der Waals surface area contributed by atoms with Crippen molar-refractivity contribution in [1.82, 2.24) is 16.0 Å². The fourth-order valence-electron chi connectivity index (χ4n) is 5.07. The van der Waals surface area contributed by atoms with Gasteiger partial charge in [-0.05, 0) is 36.0 Å². The number of alkyl halides is 1. The van der Waals surface area contributed by atoms with Crippen LogP contribution in [0.3, 0.4) is 0 Å².